The third-order valence-corrected chi connectivity index (χ3v) is 5.01. The van der Waals surface area contributed by atoms with Gasteiger partial charge < -0.3 is 10.5 Å². The van der Waals surface area contributed by atoms with E-state index < -0.39 is 16.0 Å². The van der Waals surface area contributed by atoms with Crippen LogP contribution in [0.15, 0.2) is 23.1 Å². The van der Waals surface area contributed by atoms with E-state index in [1.54, 1.807) is 6.92 Å². The van der Waals surface area contributed by atoms with Gasteiger partial charge in [-0.3, -0.25) is 0 Å². The Morgan fingerprint density at radius 2 is 2.00 bits per heavy atom. The molecule has 0 heterocycles. The lowest BCUT2D eigenvalue weighted by Gasteiger charge is -2.20. The number of hydrogen-bond acceptors (Lipinski definition) is 5. The first-order valence-electron chi connectivity index (χ1n) is 7.13. The minimum absolute atomic E-state index is 0.0672. The number of esters is 1. The second-order valence-electron chi connectivity index (χ2n) is 5.60. The minimum atomic E-state index is -3.75. The van der Waals surface area contributed by atoms with E-state index >= 15 is 0 Å². The Kier molecular flexibility index (Phi) is 6.52. The van der Waals surface area contributed by atoms with Gasteiger partial charge in [0, 0.05) is 12.6 Å². The Labute approximate surface area is 132 Å². The van der Waals surface area contributed by atoms with Crippen LogP contribution in [0.25, 0.3) is 0 Å². The van der Waals surface area contributed by atoms with Crippen LogP contribution in [0.1, 0.15) is 36.2 Å². The van der Waals surface area contributed by atoms with Gasteiger partial charge in [-0.15, -0.1) is 0 Å². The van der Waals surface area contributed by atoms with Gasteiger partial charge in [0.15, 0.2) is 0 Å². The molecule has 0 aromatic heterocycles. The van der Waals surface area contributed by atoms with Crippen molar-refractivity contribution in [3.05, 3.63) is 29.3 Å². The first-order valence-corrected chi connectivity index (χ1v) is 8.61. The summed E-state index contributed by atoms with van der Waals surface area (Å²) in [6, 6.07) is 4.18. The molecule has 0 saturated heterocycles. The molecule has 1 aromatic carbocycles. The molecule has 7 heteroatoms. The van der Waals surface area contributed by atoms with Crippen LogP contribution in [0.2, 0.25) is 0 Å². The van der Waals surface area contributed by atoms with Crippen LogP contribution >= 0.6 is 0 Å². The Morgan fingerprint density at radius 1 is 1.36 bits per heavy atom. The Morgan fingerprint density at radius 3 is 2.50 bits per heavy atom. The molecule has 1 rings (SSSR count). The Hall–Kier alpha value is -1.44. The van der Waals surface area contributed by atoms with Crippen molar-refractivity contribution in [3.63, 3.8) is 0 Å². The summed E-state index contributed by atoms with van der Waals surface area (Å²) in [6.07, 6.45) is 0.644. The lowest BCUT2D eigenvalue weighted by molar-refractivity contribution is 0.0599. The van der Waals surface area contributed by atoms with E-state index in [0.29, 0.717) is 17.9 Å². The van der Waals surface area contributed by atoms with Crippen LogP contribution in [0.5, 0.6) is 0 Å². The second-order valence-corrected chi connectivity index (χ2v) is 7.29. The van der Waals surface area contributed by atoms with E-state index in [-0.39, 0.29) is 23.0 Å². The van der Waals surface area contributed by atoms with Crippen LogP contribution < -0.4 is 10.5 Å². The smallest absolute Gasteiger partial charge is 0.338 e. The van der Waals surface area contributed by atoms with Crippen molar-refractivity contribution < 1.29 is 17.9 Å². The minimum Gasteiger partial charge on any atom is -0.465 e. The summed E-state index contributed by atoms with van der Waals surface area (Å²) in [4.78, 5) is 11.7. The molecule has 0 aliphatic rings. The van der Waals surface area contributed by atoms with Gasteiger partial charge in [0.05, 0.1) is 17.6 Å². The maximum absolute atomic E-state index is 12.5. The maximum atomic E-state index is 12.5. The van der Waals surface area contributed by atoms with Crippen molar-refractivity contribution in [1.29, 1.82) is 0 Å². The monoisotopic (exact) mass is 328 g/mol. The summed E-state index contributed by atoms with van der Waals surface area (Å²) >= 11 is 0. The van der Waals surface area contributed by atoms with E-state index in [1.807, 2.05) is 13.8 Å². The van der Waals surface area contributed by atoms with Crippen LogP contribution in [0.4, 0.5) is 0 Å². The highest BCUT2D eigenvalue weighted by Crippen LogP contribution is 2.20. The number of carbonyl (C=O) groups is 1. The average Bonchev–Trinajstić information content (AvgIpc) is 2.44. The standard InChI is InChI=1S/C15H24N2O4S/c1-10(2)8-12(9-16)17-22(19,20)14-7-5-6-13(11(14)3)15(18)21-4/h5-7,10,12,17H,8-9,16H2,1-4H3. The number of rotatable bonds is 7. The van der Waals surface area contributed by atoms with Crippen LogP contribution in [0, 0.1) is 12.8 Å². The maximum Gasteiger partial charge on any atom is 0.338 e. The van der Waals surface area contributed by atoms with Crippen LogP contribution in [0.3, 0.4) is 0 Å². The third-order valence-electron chi connectivity index (χ3n) is 3.34. The molecule has 0 fully saturated rings. The number of ether oxygens (including phenoxy) is 1. The van der Waals surface area contributed by atoms with Crippen LogP contribution in [-0.2, 0) is 14.8 Å². The highest BCUT2D eigenvalue weighted by molar-refractivity contribution is 7.89. The summed E-state index contributed by atoms with van der Waals surface area (Å²) in [5, 5.41) is 0. The molecule has 6 nitrogen and oxygen atoms in total. The lowest BCUT2D eigenvalue weighted by atomic mass is 10.1. The van der Waals surface area contributed by atoms with Crippen molar-refractivity contribution in [2.75, 3.05) is 13.7 Å². The summed E-state index contributed by atoms with van der Waals surface area (Å²) in [7, 11) is -2.49. The van der Waals surface area contributed by atoms with Gasteiger partial charge in [0.1, 0.15) is 0 Å². The predicted octanol–water partition coefficient (Wildman–Crippen LogP) is 1.43. The number of nitrogens with two attached hydrogens (primary N) is 1. The van der Waals surface area contributed by atoms with Crippen molar-refractivity contribution in [3.8, 4) is 0 Å². The van der Waals surface area contributed by atoms with Gasteiger partial charge in [-0.2, -0.15) is 0 Å². The molecule has 0 radical (unpaired) electrons. The predicted molar refractivity (Wildman–Crippen MR) is 85.1 cm³/mol. The largest absolute Gasteiger partial charge is 0.465 e. The van der Waals surface area contributed by atoms with Crippen LogP contribution in [-0.4, -0.2) is 34.1 Å². The molecule has 0 saturated carbocycles. The Balaban J connectivity index is 3.15. The molecule has 22 heavy (non-hydrogen) atoms. The first kappa shape index (κ1) is 18.6. The number of methoxy groups -OCH3 is 1. The zero-order valence-corrected chi connectivity index (χ0v) is 14.2. The van der Waals surface area contributed by atoms with Crippen molar-refractivity contribution in [2.45, 2.75) is 38.1 Å². The quantitative estimate of drug-likeness (QED) is 0.738. The summed E-state index contributed by atoms with van der Waals surface area (Å²) in [5.41, 5.74) is 6.24. The molecule has 0 spiro atoms. The number of benzene rings is 1. The summed E-state index contributed by atoms with van der Waals surface area (Å²) in [5.74, 6) is -0.245. The van der Waals surface area contributed by atoms with Gasteiger partial charge in [-0.1, -0.05) is 19.9 Å². The van der Waals surface area contributed by atoms with Gasteiger partial charge in [0.2, 0.25) is 10.0 Å². The molecule has 0 aliphatic carbocycles. The number of carbonyl (C=O) groups excluding carboxylic acids is 1. The molecule has 0 aliphatic heterocycles. The van der Waals surface area contributed by atoms with E-state index in [0.717, 1.165) is 0 Å². The molecular formula is C15H24N2O4S. The zero-order chi connectivity index (χ0) is 16.9. The van der Waals surface area contributed by atoms with Gasteiger partial charge in [-0.25, -0.2) is 17.9 Å². The molecule has 3 N–H and O–H groups in total. The third kappa shape index (κ3) is 4.53. The first-order chi connectivity index (χ1) is 10.2. The fourth-order valence-corrected chi connectivity index (χ4v) is 3.81. The number of hydrogen-bond donors (Lipinski definition) is 2. The van der Waals surface area contributed by atoms with Gasteiger partial charge >= 0.3 is 5.97 Å². The number of sulfonamides is 1. The number of nitrogens with one attached hydrogen (secondary N) is 1. The topological polar surface area (TPSA) is 98.5 Å². The SMILES string of the molecule is COC(=O)c1cccc(S(=O)(=O)NC(CN)CC(C)C)c1C. The lowest BCUT2D eigenvalue weighted by Crippen LogP contribution is -2.41. The van der Waals surface area contributed by atoms with Gasteiger partial charge in [0.25, 0.3) is 0 Å². The molecule has 1 unspecified atom stereocenters. The fourth-order valence-electron chi connectivity index (χ4n) is 2.28. The second kappa shape index (κ2) is 7.71. The van der Waals surface area contributed by atoms with E-state index in [4.69, 9.17) is 5.73 Å². The van der Waals surface area contributed by atoms with Crippen molar-refractivity contribution in [2.24, 2.45) is 11.7 Å². The fraction of sp³-hybridized carbons (Fsp3) is 0.533. The van der Waals surface area contributed by atoms with Gasteiger partial charge in [-0.05, 0) is 37.0 Å². The molecule has 0 bridgehead atoms. The zero-order valence-electron chi connectivity index (χ0n) is 13.4. The van der Waals surface area contributed by atoms with E-state index in [1.165, 1.54) is 25.3 Å². The molecular weight excluding hydrogens is 304 g/mol. The average molecular weight is 328 g/mol. The normalized spacial score (nSPS) is 13.2. The molecule has 0 amide bonds. The van der Waals surface area contributed by atoms with Crippen molar-refractivity contribution in [1.82, 2.24) is 4.72 Å². The van der Waals surface area contributed by atoms with E-state index in [2.05, 4.69) is 9.46 Å². The van der Waals surface area contributed by atoms with E-state index in [9.17, 15) is 13.2 Å². The Bertz CT molecular complexity index is 626. The summed E-state index contributed by atoms with van der Waals surface area (Å²) in [6.45, 7) is 5.80. The van der Waals surface area contributed by atoms with Crippen molar-refractivity contribution >= 4 is 16.0 Å². The highest BCUT2D eigenvalue weighted by atomic mass is 32.2. The molecule has 124 valence electrons. The highest BCUT2D eigenvalue weighted by Gasteiger charge is 2.24. The summed E-state index contributed by atoms with van der Waals surface area (Å²) < 4.78 is 32.4. The molecule has 1 atom stereocenters. The molecule has 1 aromatic rings.